The van der Waals surface area contributed by atoms with E-state index in [1.807, 2.05) is 0 Å². The van der Waals surface area contributed by atoms with Gasteiger partial charge >= 0.3 is 6.18 Å². The Balaban J connectivity index is 2.24. The van der Waals surface area contributed by atoms with Crippen LogP contribution in [-0.2, 0) is 17.4 Å². The van der Waals surface area contributed by atoms with Crippen LogP contribution in [0.3, 0.4) is 0 Å². The van der Waals surface area contributed by atoms with Crippen molar-refractivity contribution in [3.8, 4) is 0 Å². The van der Waals surface area contributed by atoms with Crippen molar-refractivity contribution >= 4 is 39.9 Å². The van der Waals surface area contributed by atoms with E-state index in [0.717, 1.165) is 0 Å². The standard InChI is InChI=1S/C18H19F3N4OS/c1-11-14(9-16(26)24-7-3-2-6-23-10-27)17(18(19,20)21)13-5-4-12(22)8-15(13)25-11/h4-5,8H,2-3,6-7,9,22H2,1H3,(H,24,26). The number of benzene rings is 1. The summed E-state index contributed by atoms with van der Waals surface area (Å²) in [7, 11) is 0. The maximum Gasteiger partial charge on any atom is 0.417 e. The number of unbranched alkanes of at least 4 members (excludes halogenated alkanes) is 1. The van der Waals surface area contributed by atoms with Crippen LogP contribution < -0.4 is 11.1 Å². The fourth-order valence-corrected chi connectivity index (χ4v) is 2.89. The highest BCUT2D eigenvalue weighted by Gasteiger charge is 2.37. The number of nitrogen functional groups attached to an aromatic ring is 1. The molecule has 2 rings (SSSR count). The van der Waals surface area contributed by atoms with Crippen molar-refractivity contribution in [2.75, 3.05) is 18.8 Å². The van der Waals surface area contributed by atoms with E-state index < -0.39 is 24.1 Å². The van der Waals surface area contributed by atoms with Gasteiger partial charge in [0.05, 0.1) is 22.7 Å². The van der Waals surface area contributed by atoms with Crippen LogP contribution in [0.4, 0.5) is 18.9 Å². The predicted molar refractivity (Wildman–Crippen MR) is 102 cm³/mol. The third-order valence-corrected chi connectivity index (χ3v) is 4.15. The molecule has 1 aromatic heterocycles. The van der Waals surface area contributed by atoms with Gasteiger partial charge in [0.15, 0.2) is 0 Å². The highest BCUT2D eigenvalue weighted by atomic mass is 32.1. The number of rotatable bonds is 7. The molecule has 5 nitrogen and oxygen atoms in total. The largest absolute Gasteiger partial charge is 0.417 e. The van der Waals surface area contributed by atoms with Crippen LogP contribution >= 0.6 is 12.2 Å². The highest BCUT2D eigenvalue weighted by Crippen LogP contribution is 2.38. The van der Waals surface area contributed by atoms with Gasteiger partial charge in [0.1, 0.15) is 0 Å². The Morgan fingerprint density at radius 3 is 2.78 bits per heavy atom. The second kappa shape index (κ2) is 8.92. The number of hydrogen-bond donors (Lipinski definition) is 2. The normalized spacial score (nSPS) is 11.3. The fourth-order valence-electron chi connectivity index (χ4n) is 2.80. The smallest absolute Gasteiger partial charge is 0.399 e. The summed E-state index contributed by atoms with van der Waals surface area (Å²) in [5.74, 6) is -0.487. The van der Waals surface area contributed by atoms with Gasteiger partial charge in [-0.25, -0.2) is 4.99 Å². The Morgan fingerprint density at radius 2 is 2.11 bits per heavy atom. The van der Waals surface area contributed by atoms with Crippen molar-refractivity contribution in [3.63, 3.8) is 0 Å². The molecule has 9 heteroatoms. The molecule has 0 aliphatic carbocycles. The van der Waals surface area contributed by atoms with Crippen molar-refractivity contribution in [1.82, 2.24) is 10.3 Å². The molecule has 2 aromatic rings. The fraction of sp³-hybridized carbons (Fsp3) is 0.389. The van der Waals surface area contributed by atoms with Crippen LogP contribution in [-0.4, -0.2) is 29.1 Å². The average molecular weight is 396 g/mol. The van der Waals surface area contributed by atoms with E-state index in [1.54, 1.807) is 0 Å². The molecule has 0 saturated carbocycles. The summed E-state index contributed by atoms with van der Waals surface area (Å²) >= 11 is 4.45. The Kier molecular flexibility index (Phi) is 6.87. The van der Waals surface area contributed by atoms with Crippen LogP contribution in [0, 0.1) is 6.92 Å². The second-order valence-corrected chi connectivity index (χ2v) is 6.21. The van der Waals surface area contributed by atoms with E-state index in [4.69, 9.17) is 5.73 Å². The van der Waals surface area contributed by atoms with Crippen molar-refractivity contribution < 1.29 is 18.0 Å². The van der Waals surface area contributed by atoms with E-state index in [-0.39, 0.29) is 22.2 Å². The topological polar surface area (TPSA) is 80.4 Å². The van der Waals surface area contributed by atoms with Gasteiger partial charge in [0, 0.05) is 29.9 Å². The van der Waals surface area contributed by atoms with Crippen molar-refractivity contribution in [1.29, 1.82) is 0 Å². The van der Waals surface area contributed by atoms with E-state index in [1.165, 1.54) is 25.1 Å². The quantitative estimate of drug-likeness (QED) is 0.324. The van der Waals surface area contributed by atoms with Crippen molar-refractivity contribution in [3.05, 3.63) is 35.0 Å². The van der Waals surface area contributed by atoms with Crippen LogP contribution in [0.5, 0.6) is 0 Å². The van der Waals surface area contributed by atoms with Crippen molar-refractivity contribution in [2.45, 2.75) is 32.4 Å². The van der Waals surface area contributed by atoms with Gasteiger partial charge in [0.25, 0.3) is 0 Å². The third-order valence-electron chi connectivity index (χ3n) is 4.02. The van der Waals surface area contributed by atoms with Gasteiger partial charge in [-0.15, -0.1) is 0 Å². The zero-order chi connectivity index (χ0) is 20.0. The van der Waals surface area contributed by atoms with Gasteiger partial charge in [-0.05, 0) is 49.7 Å². The zero-order valence-electron chi connectivity index (χ0n) is 14.7. The number of isothiocyanates is 1. The number of nitrogens with one attached hydrogen (secondary N) is 1. The lowest BCUT2D eigenvalue weighted by atomic mass is 9.97. The predicted octanol–water partition coefficient (Wildman–Crippen LogP) is 3.69. The molecule has 0 aliphatic heterocycles. The highest BCUT2D eigenvalue weighted by molar-refractivity contribution is 7.78. The number of alkyl halides is 3. The lowest BCUT2D eigenvalue weighted by molar-refractivity contribution is -0.137. The molecular weight excluding hydrogens is 377 g/mol. The molecule has 0 unspecified atom stereocenters. The number of amides is 1. The Morgan fingerprint density at radius 1 is 1.37 bits per heavy atom. The van der Waals surface area contributed by atoms with E-state index in [9.17, 15) is 18.0 Å². The number of halogens is 3. The third kappa shape index (κ3) is 5.48. The molecule has 0 radical (unpaired) electrons. The summed E-state index contributed by atoms with van der Waals surface area (Å²) in [6.07, 6.45) is -3.66. The number of pyridine rings is 1. The number of aromatic nitrogens is 1. The summed E-state index contributed by atoms with van der Waals surface area (Å²) < 4.78 is 41.2. The summed E-state index contributed by atoms with van der Waals surface area (Å²) in [6, 6.07) is 4.07. The first-order valence-corrected chi connectivity index (χ1v) is 8.71. The first kappa shape index (κ1) is 20.8. The number of anilines is 1. The first-order valence-electron chi connectivity index (χ1n) is 8.30. The van der Waals surface area contributed by atoms with E-state index in [2.05, 4.69) is 32.7 Å². The molecule has 0 aliphatic rings. The summed E-state index contributed by atoms with van der Waals surface area (Å²) in [6.45, 7) is 2.32. The minimum atomic E-state index is -4.61. The maximum atomic E-state index is 13.7. The Hall–Kier alpha value is -2.51. The Labute approximate surface area is 159 Å². The Bertz CT molecular complexity index is 892. The van der Waals surface area contributed by atoms with Crippen LogP contribution in [0.1, 0.15) is 29.7 Å². The average Bonchev–Trinajstić information content (AvgIpc) is 2.57. The van der Waals surface area contributed by atoms with E-state index >= 15 is 0 Å². The maximum absolute atomic E-state index is 13.7. The SMILES string of the molecule is Cc1nc2cc(N)ccc2c(C(F)(F)F)c1CC(=O)NCCCCN=C=S. The molecule has 0 bridgehead atoms. The summed E-state index contributed by atoms with van der Waals surface area (Å²) in [5, 5.41) is 4.81. The number of carbonyl (C=O) groups excluding carboxylic acids is 1. The van der Waals surface area contributed by atoms with Crippen LogP contribution in [0.25, 0.3) is 10.9 Å². The lowest BCUT2D eigenvalue weighted by Gasteiger charge is -2.18. The zero-order valence-corrected chi connectivity index (χ0v) is 15.5. The van der Waals surface area contributed by atoms with Gasteiger partial charge < -0.3 is 11.1 Å². The van der Waals surface area contributed by atoms with Crippen LogP contribution in [0.2, 0.25) is 0 Å². The first-order chi connectivity index (χ1) is 12.7. The van der Waals surface area contributed by atoms with Gasteiger partial charge in [-0.3, -0.25) is 9.78 Å². The molecule has 1 amide bonds. The minimum Gasteiger partial charge on any atom is -0.399 e. The molecular formula is C18H19F3N4OS. The number of aliphatic imine (C=N–C) groups is 1. The summed E-state index contributed by atoms with van der Waals surface area (Å²) in [4.78, 5) is 20.1. The minimum absolute atomic E-state index is 0.0665. The molecule has 0 fully saturated rings. The lowest BCUT2D eigenvalue weighted by Crippen LogP contribution is -2.28. The molecule has 1 heterocycles. The molecule has 0 atom stereocenters. The number of thiocarbonyl (C=S) groups is 1. The molecule has 0 spiro atoms. The van der Waals surface area contributed by atoms with E-state index in [0.29, 0.717) is 31.6 Å². The number of nitrogens with two attached hydrogens (primary N) is 1. The van der Waals surface area contributed by atoms with Crippen molar-refractivity contribution in [2.24, 2.45) is 4.99 Å². The molecule has 0 saturated heterocycles. The molecule has 144 valence electrons. The van der Waals surface area contributed by atoms with Crippen LogP contribution in [0.15, 0.2) is 23.2 Å². The van der Waals surface area contributed by atoms with Gasteiger partial charge in [-0.1, -0.05) is 6.07 Å². The summed E-state index contributed by atoms with van der Waals surface area (Å²) in [5.41, 5.74) is 5.33. The van der Waals surface area contributed by atoms with Gasteiger partial charge in [0.2, 0.25) is 5.91 Å². The molecule has 1 aromatic carbocycles. The number of hydrogen-bond acceptors (Lipinski definition) is 5. The van der Waals surface area contributed by atoms with Gasteiger partial charge in [-0.2, -0.15) is 13.2 Å². The number of aryl methyl sites for hydroxylation is 1. The monoisotopic (exact) mass is 396 g/mol. The molecule has 3 N–H and O–H groups in total. The molecule has 27 heavy (non-hydrogen) atoms. The number of nitrogens with zero attached hydrogens (tertiary/aromatic N) is 2. The number of fused-ring (bicyclic) bond motifs is 1. The number of carbonyl (C=O) groups is 1. The second-order valence-electron chi connectivity index (χ2n) is 6.03.